The van der Waals surface area contributed by atoms with Gasteiger partial charge in [-0.3, -0.25) is 9.59 Å². The molecule has 2 rings (SSSR count). The highest BCUT2D eigenvalue weighted by atomic mass is 35.5. The lowest BCUT2D eigenvalue weighted by atomic mass is 10.1. The van der Waals surface area contributed by atoms with Gasteiger partial charge in [0.1, 0.15) is 11.8 Å². The predicted octanol–water partition coefficient (Wildman–Crippen LogP) is 4.36. The zero-order chi connectivity index (χ0) is 21.6. The molecule has 1 N–H and O–H groups in total. The van der Waals surface area contributed by atoms with E-state index in [1.54, 1.807) is 31.2 Å². The molecule has 5 nitrogen and oxygen atoms in total. The van der Waals surface area contributed by atoms with Gasteiger partial charge in [0.15, 0.2) is 6.61 Å². The zero-order valence-corrected chi connectivity index (χ0v) is 18.4. The van der Waals surface area contributed by atoms with Crippen LogP contribution >= 0.6 is 11.6 Å². The lowest BCUT2D eigenvalue weighted by Gasteiger charge is -2.31. The van der Waals surface area contributed by atoms with Crippen molar-refractivity contribution in [2.75, 3.05) is 6.61 Å². The molecule has 1 unspecified atom stereocenters. The minimum atomic E-state index is -0.655. The van der Waals surface area contributed by atoms with E-state index in [1.807, 2.05) is 52.0 Å². The summed E-state index contributed by atoms with van der Waals surface area (Å²) in [6, 6.07) is 14.2. The van der Waals surface area contributed by atoms with Crippen LogP contribution < -0.4 is 10.1 Å². The SMILES string of the molecule is Cc1cccc(CN(C(=O)COc2ccccc2Cl)C(C)C(=O)NC(C)(C)C)c1. The van der Waals surface area contributed by atoms with Gasteiger partial charge < -0.3 is 15.0 Å². The number of hydrogen-bond acceptors (Lipinski definition) is 3. The number of carbonyl (C=O) groups is 2. The highest BCUT2D eigenvalue weighted by Crippen LogP contribution is 2.23. The zero-order valence-electron chi connectivity index (χ0n) is 17.7. The molecule has 2 amide bonds. The van der Waals surface area contributed by atoms with E-state index in [0.717, 1.165) is 11.1 Å². The molecule has 0 aliphatic heterocycles. The first kappa shape index (κ1) is 22.8. The number of carbonyl (C=O) groups excluding carboxylic acids is 2. The molecular weight excluding hydrogens is 388 g/mol. The third-order valence-corrected chi connectivity index (χ3v) is 4.60. The lowest BCUT2D eigenvalue weighted by molar-refractivity contribution is -0.142. The van der Waals surface area contributed by atoms with Gasteiger partial charge in [-0.15, -0.1) is 0 Å². The minimum Gasteiger partial charge on any atom is -0.482 e. The van der Waals surface area contributed by atoms with E-state index in [9.17, 15) is 9.59 Å². The summed E-state index contributed by atoms with van der Waals surface area (Å²) in [6.45, 7) is 9.55. The van der Waals surface area contributed by atoms with Crippen molar-refractivity contribution in [3.63, 3.8) is 0 Å². The van der Waals surface area contributed by atoms with Gasteiger partial charge in [0, 0.05) is 12.1 Å². The second-order valence-electron chi connectivity index (χ2n) is 8.15. The number of ether oxygens (including phenoxy) is 1. The molecule has 2 aromatic carbocycles. The van der Waals surface area contributed by atoms with Crippen LogP contribution in [0.4, 0.5) is 0 Å². The maximum absolute atomic E-state index is 13.0. The van der Waals surface area contributed by atoms with Gasteiger partial charge in [-0.2, -0.15) is 0 Å². The first-order chi connectivity index (χ1) is 13.6. The standard InChI is InChI=1S/C23H29ClN2O3/c1-16-9-8-10-18(13-16)14-26(17(2)22(28)25-23(3,4)5)21(27)15-29-20-12-7-6-11-19(20)24/h6-13,17H,14-15H2,1-5H3,(H,25,28). The molecule has 0 saturated carbocycles. The van der Waals surface area contributed by atoms with E-state index in [2.05, 4.69) is 5.32 Å². The molecule has 6 heteroatoms. The van der Waals surface area contributed by atoms with Crippen LogP contribution in [0.5, 0.6) is 5.75 Å². The van der Waals surface area contributed by atoms with Gasteiger partial charge in [-0.05, 0) is 52.3 Å². The fourth-order valence-electron chi connectivity index (χ4n) is 2.85. The highest BCUT2D eigenvalue weighted by Gasteiger charge is 2.28. The molecule has 156 valence electrons. The molecule has 29 heavy (non-hydrogen) atoms. The van der Waals surface area contributed by atoms with E-state index in [-0.39, 0.29) is 18.4 Å². The molecule has 0 saturated heterocycles. The number of halogens is 1. The molecule has 0 spiro atoms. The number of nitrogens with one attached hydrogen (secondary N) is 1. The van der Waals surface area contributed by atoms with E-state index >= 15 is 0 Å². The number of aryl methyl sites for hydroxylation is 1. The highest BCUT2D eigenvalue weighted by molar-refractivity contribution is 6.32. The van der Waals surface area contributed by atoms with Crippen LogP contribution in [0, 0.1) is 6.92 Å². The Morgan fingerprint density at radius 3 is 2.45 bits per heavy atom. The normalized spacial score (nSPS) is 12.2. The van der Waals surface area contributed by atoms with Crippen molar-refractivity contribution in [2.45, 2.75) is 52.7 Å². The molecule has 0 fully saturated rings. The van der Waals surface area contributed by atoms with Crippen molar-refractivity contribution in [2.24, 2.45) is 0 Å². The average Bonchev–Trinajstić information content (AvgIpc) is 2.63. The second-order valence-corrected chi connectivity index (χ2v) is 8.55. The molecular formula is C23H29ClN2O3. The third-order valence-electron chi connectivity index (χ3n) is 4.29. The van der Waals surface area contributed by atoms with E-state index < -0.39 is 11.6 Å². The summed E-state index contributed by atoms with van der Waals surface area (Å²) in [6.07, 6.45) is 0. The van der Waals surface area contributed by atoms with Crippen molar-refractivity contribution in [1.29, 1.82) is 0 Å². The summed E-state index contributed by atoms with van der Waals surface area (Å²) >= 11 is 6.11. The Bertz CT molecular complexity index is 861. The van der Waals surface area contributed by atoms with E-state index in [4.69, 9.17) is 16.3 Å². The smallest absolute Gasteiger partial charge is 0.261 e. The summed E-state index contributed by atoms with van der Waals surface area (Å²) in [7, 11) is 0. The van der Waals surface area contributed by atoms with Crippen molar-refractivity contribution in [3.8, 4) is 5.75 Å². The number of nitrogens with zero attached hydrogens (tertiary/aromatic N) is 1. The maximum atomic E-state index is 13.0. The van der Waals surface area contributed by atoms with Crippen molar-refractivity contribution < 1.29 is 14.3 Å². The molecule has 2 aromatic rings. The second kappa shape index (κ2) is 9.79. The maximum Gasteiger partial charge on any atom is 0.261 e. The van der Waals surface area contributed by atoms with Gasteiger partial charge in [0.25, 0.3) is 5.91 Å². The first-order valence-electron chi connectivity index (χ1n) is 9.61. The van der Waals surface area contributed by atoms with Gasteiger partial charge in [0.05, 0.1) is 5.02 Å². The number of rotatable bonds is 7. The number of amides is 2. The van der Waals surface area contributed by atoms with Crippen molar-refractivity contribution in [1.82, 2.24) is 10.2 Å². The molecule has 0 aromatic heterocycles. The first-order valence-corrected chi connectivity index (χ1v) is 9.99. The fraction of sp³-hybridized carbons (Fsp3) is 0.391. The molecule has 0 heterocycles. The van der Waals surface area contributed by atoms with Gasteiger partial charge >= 0.3 is 0 Å². The van der Waals surface area contributed by atoms with Crippen LogP contribution in [0.25, 0.3) is 0 Å². The van der Waals surface area contributed by atoms with Gasteiger partial charge in [-0.25, -0.2) is 0 Å². The van der Waals surface area contributed by atoms with Crippen LogP contribution in [0.1, 0.15) is 38.8 Å². The Kier molecular flexibility index (Phi) is 7.68. The topological polar surface area (TPSA) is 58.6 Å². The molecule has 0 radical (unpaired) electrons. The van der Waals surface area contributed by atoms with Crippen LogP contribution in [-0.2, 0) is 16.1 Å². The Morgan fingerprint density at radius 2 is 1.83 bits per heavy atom. The van der Waals surface area contributed by atoms with E-state index in [1.165, 1.54) is 4.90 Å². The number of hydrogen-bond donors (Lipinski definition) is 1. The quantitative estimate of drug-likeness (QED) is 0.729. The average molecular weight is 417 g/mol. The summed E-state index contributed by atoms with van der Waals surface area (Å²) < 4.78 is 5.62. The van der Waals surface area contributed by atoms with Gasteiger partial charge in [0.2, 0.25) is 5.91 Å². The monoisotopic (exact) mass is 416 g/mol. The molecule has 0 aliphatic carbocycles. The summed E-state index contributed by atoms with van der Waals surface area (Å²) in [5, 5.41) is 3.37. The van der Waals surface area contributed by atoms with Gasteiger partial charge in [-0.1, -0.05) is 53.6 Å². The largest absolute Gasteiger partial charge is 0.482 e. The van der Waals surface area contributed by atoms with E-state index in [0.29, 0.717) is 17.3 Å². The fourth-order valence-corrected chi connectivity index (χ4v) is 3.04. The molecule has 0 aliphatic rings. The predicted molar refractivity (Wildman–Crippen MR) is 116 cm³/mol. The van der Waals surface area contributed by atoms with Crippen molar-refractivity contribution in [3.05, 3.63) is 64.7 Å². The third kappa shape index (κ3) is 7.09. The lowest BCUT2D eigenvalue weighted by Crippen LogP contribution is -2.53. The van der Waals surface area contributed by atoms with Crippen molar-refractivity contribution >= 4 is 23.4 Å². The number of benzene rings is 2. The minimum absolute atomic E-state index is 0.206. The van der Waals surface area contributed by atoms with Crippen LogP contribution in [0.2, 0.25) is 5.02 Å². The number of para-hydroxylation sites is 1. The molecule has 0 bridgehead atoms. The van der Waals surface area contributed by atoms with Crippen LogP contribution in [-0.4, -0.2) is 34.9 Å². The van der Waals surface area contributed by atoms with Crippen LogP contribution in [0.15, 0.2) is 48.5 Å². The Hall–Kier alpha value is -2.53. The summed E-state index contributed by atoms with van der Waals surface area (Å²) in [5.41, 5.74) is 1.65. The Labute approximate surface area is 178 Å². The molecule has 1 atom stereocenters. The Balaban J connectivity index is 2.19. The summed E-state index contributed by atoms with van der Waals surface area (Å²) in [4.78, 5) is 27.3. The summed E-state index contributed by atoms with van der Waals surface area (Å²) in [5.74, 6) is -0.0657. The van der Waals surface area contributed by atoms with Crippen LogP contribution in [0.3, 0.4) is 0 Å². The Morgan fingerprint density at radius 1 is 1.14 bits per heavy atom.